The van der Waals surface area contributed by atoms with Crippen LogP contribution in [0.3, 0.4) is 0 Å². The number of nitrogens with two attached hydrogens (primary N) is 1. The smallest absolute Gasteiger partial charge is 0.384 e. The fourth-order valence-corrected chi connectivity index (χ4v) is 3.19. The molecule has 3 aromatic heterocycles. The summed E-state index contributed by atoms with van der Waals surface area (Å²) in [6.45, 7) is 0. The van der Waals surface area contributed by atoms with Crippen LogP contribution in [0.2, 0.25) is 5.02 Å². The van der Waals surface area contributed by atoms with Crippen molar-refractivity contribution in [2.24, 2.45) is 0 Å². The number of pyridine rings is 2. The van der Waals surface area contributed by atoms with E-state index in [4.69, 9.17) is 17.3 Å². The van der Waals surface area contributed by atoms with Gasteiger partial charge in [-0.3, -0.25) is 0 Å². The first-order valence-electron chi connectivity index (χ1n) is 8.55. The third-order valence-electron chi connectivity index (χ3n) is 4.44. The summed E-state index contributed by atoms with van der Waals surface area (Å²) in [5.74, 6) is 0.412. The number of nitrogens with zero attached hydrogens (tertiary/aromatic N) is 2. The van der Waals surface area contributed by atoms with Crippen LogP contribution >= 0.6 is 11.6 Å². The first kappa shape index (κ1) is 19.0. The van der Waals surface area contributed by atoms with E-state index in [0.29, 0.717) is 17.0 Å². The highest BCUT2D eigenvalue weighted by Gasteiger charge is 2.32. The number of rotatable bonds is 3. The second-order valence-corrected chi connectivity index (χ2v) is 6.84. The van der Waals surface area contributed by atoms with Gasteiger partial charge in [-0.05, 0) is 42.0 Å². The Kier molecular flexibility index (Phi) is 4.76. The first-order chi connectivity index (χ1) is 13.8. The molecule has 8 heteroatoms. The van der Waals surface area contributed by atoms with Gasteiger partial charge in [0.2, 0.25) is 0 Å². The average Bonchev–Trinajstić information content (AvgIpc) is 3.08. The van der Waals surface area contributed by atoms with E-state index in [1.54, 1.807) is 30.7 Å². The highest BCUT2D eigenvalue weighted by molar-refractivity contribution is 6.30. The molecule has 0 aliphatic rings. The van der Waals surface area contributed by atoms with Crippen LogP contribution in [0.4, 0.5) is 19.0 Å². The van der Waals surface area contributed by atoms with Gasteiger partial charge in [-0.25, -0.2) is 9.97 Å². The number of fused-ring (bicyclic) bond motifs is 1. The van der Waals surface area contributed by atoms with Gasteiger partial charge in [-0.15, -0.1) is 0 Å². The lowest BCUT2D eigenvalue weighted by Gasteiger charge is -2.10. The van der Waals surface area contributed by atoms with Crippen LogP contribution in [-0.2, 0) is 6.18 Å². The van der Waals surface area contributed by atoms with E-state index in [9.17, 15) is 13.2 Å². The Morgan fingerprint density at radius 3 is 2.41 bits per heavy atom. The van der Waals surface area contributed by atoms with Crippen molar-refractivity contribution in [2.75, 3.05) is 5.73 Å². The van der Waals surface area contributed by atoms with Crippen molar-refractivity contribution in [3.05, 3.63) is 76.7 Å². The van der Waals surface area contributed by atoms with Crippen molar-refractivity contribution in [3.8, 4) is 11.1 Å². The quantitative estimate of drug-likeness (QED) is 0.429. The van der Waals surface area contributed by atoms with Crippen LogP contribution in [0.15, 0.2) is 55.0 Å². The Bertz CT molecular complexity index is 1210. The summed E-state index contributed by atoms with van der Waals surface area (Å²) in [6, 6.07) is 8.91. The van der Waals surface area contributed by atoms with Gasteiger partial charge in [-0.1, -0.05) is 23.8 Å². The Morgan fingerprint density at radius 2 is 1.69 bits per heavy atom. The number of nitrogens with one attached hydrogen (secondary N) is 1. The van der Waals surface area contributed by atoms with Crippen LogP contribution in [0.25, 0.3) is 34.3 Å². The second kappa shape index (κ2) is 7.25. The molecule has 0 saturated carbocycles. The molecule has 0 amide bonds. The summed E-state index contributed by atoms with van der Waals surface area (Å²) in [5.41, 5.74) is 7.84. The summed E-state index contributed by atoms with van der Waals surface area (Å²) in [5, 5.41) is 1.00. The minimum Gasteiger partial charge on any atom is -0.384 e. The molecule has 0 fully saturated rings. The predicted molar refractivity (Wildman–Crippen MR) is 109 cm³/mol. The Balaban J connectivity index is 1.75. The number of H-pyrrole nitrogens is 1. The molecule has 0 radical (unpaired) electrons. The number of aromatic nitrogens is 3. The van der Waals surface area contributed by atoms with Crippen molar-refractivity contribution >= 4 is 40.6 Å². The number of nitrogen functional groups attached to an aromatic ring is 1. The highest BCUT2D eigenvalue weighted by atomic mass is 35.5. The molecule has 146 valence electrons. The molecule has 4 aromatic rings. The minimum atomic E-state index is -4.47. The van der Waals surface area contributed by atoms with Gasteiger partial charge in [-0.2, -0.15) is 13.2 Å². The number of hydrogen-bond acceptors (Lipinski definition) is 3. The minimum absolute atomic E-state index is 0.00815. The second-order valence-electron chi connectivity index (χ2n) is 6.40. The van der Waals surface area contributed by atoms with Gasteiger partial charge >= 0.3 is 6.18 Å². The molecular weight excluding hydrogens is 401 g/mol. The van der Waals surface area contributed by atoms with Gasteiger partial charge < -0.3 is 10.7 Å². The van der Waals surface area contributed by atoms with Crippen LogP contribution < -0.4 is 5.73 Å². The number of anilines is 1. The van der Waals surface area contributed by atoms with E-state index in [0.717, 1.165) is 22.6 Å². The van der Waals surface area contributed by atoms with Crippen molar-refractivity contribution < 1.29 is 13.2 Å². The van der Waals surface area contributed by atoms with Crippen molar-refractivity contribution in [2.45, 2.75) is 6.18 Å². The number of alkyl halides is 3. The molecule has 0 bridgehead atoms. The number of benzene rings is 1. The summed E-state index contributed by atoms with van der Waals surface area (Å²) in [6.07, 6.45) is 3.56. The Labute approximate surface area is 168 Å². The van der Waals surface area contributed by atoms with E-state index < -0.39 is 11.7 Å². The molecule has 0 aliphatic heterocycles. The molecule has 0 aliphatic carbocycles. The van der Waals surface area contributed by atoms with E-state index in [1.165, 1.54) is 18.2 Å². The van der Waals surface area contributed by atoms with E-state index >= 15 is 0 Å². The van der Waals surface area contributed by atoms with Gasteiger partial charge in [0.25, 0.3) is 0 Å². The average molecular weight is 415 g/mol. The lowest BCUT2D eigenvalue weighted by molar-refractivity contribution is -0.137. The fraction of sp³-hybridized carbons (Fsp3) is 0.0476. The largest absolute Gasteiger partial charge is 0.416 e. The molecule has 4 rings (SSSR count). The van der Waals surface area contributed by atoms with Crippen LogP contribution in [-0.4, -0.2) is 15.0 Å². The van der Waals surface area contributed by atoms with Crippen LogP contribution in [0.1, 0.15) is 16.7 Å². The molecule has 0 atom stereocenters. The molecule has 3 N–H and O–H groups in total. The van der Waals surface area contributed by atoms with Gasteiger partial charge in [0.1, 0.15) is 11.5 Å². The van der Waals surface area contributed by atoms with Crippen molar-refractivity contribution in [1.82, 2.24) is 15.0 Å². The molecule has 3 heterocycles. The molecule has 4 nitrogen and oxygen atoms in total. The Hall–Kier alpha value is -3.32. The van der Waals surface area contributed by atoms with Crippen LogP contribution in [0, 0.1) is 0 Å². The summed E-state index contributed by atoms with van der Waals surface area (Å²) in [4.78, 5) is 11.5. The molecular formula is C21H14ClF3N4. The first-order valence-corrected chi connectivity index (χ1v) is 8.93. The fourth-order valence-electron chi connectivity index (χ4n) is 3.00. The predicted octanol–water partition coefficient (Wildman–Crippen LogP) is 6.05. The summed E-state index contributed by atoms with van der Waals surface area (Å²) >= 11 is 5.89. The SMILES string of the molecule is Nc1ccc(-c2cnc3[nH]cc(/C=C/c4cc(Cl)ccc4C(F)(F)F)c3c2)cn1. The van der Waals surface area contributed by atoms with E-state index in [1.807, 2.05) is 12.1 Å². The van der Waals surface area contributed by atoms with Crippen LogP contribution in [0.5, 0.6) is 0 Å². The molecule has 29 heavy (non-hydrogen) atoms. The highest BCUT2D eigenvalue weighted by Crippen LogP contribution is 2.34. The number of hydrogen-bond donors (Lipinski definition) is 2. The van der Waals surface area contributed by atoms with Crippen molar-refractivity contribution in [1.29, 1.82) is 0 Å². The van der Waals surface area contributed by atoms with E-state index in [-0.39, 0.29) is 10.6 Å². The zero-order valence-corrected chi connectivity index (χ0v) is 15.6. The number of aromatic amines is 1. The topological polar surface area (TPSA) is 67.6 Å². The third-order valence-corrected chi connectivity index (χ3v) is 4.68. The maximum absolute atomic E-state index is 13.3. The molecule has 0 saturated heterocycles. The molecule has 0 spiro atoms. The van der Waals surface area contributed by atoms with E-state index in [2.05, 4.69) is 15.0 Å². The summed E-state index contributed by atoms with van der Waals surface area (Å²) in [7, 11) is 0. The zero-order valence-electron chi connectivity index (χ0n) is 14.8. The zero-order chi connectivity index (χ0) is 20.6. The lowest BCUT2D eigenvalue weighted by atomic mass is 10.0. The maximum Gasteiger partial charge on any atom is 0.416 e. The molecule has 0 unspecified atom stereocenters. The van der Waals surface area contributed by atoms with Gasteiger partial charge in [0.05, 0.1) is 5.56 Å². The normalized spacial score (nSPS) is 12.1. The summed E-state index contributed by atoms with van der Waals surface area (Å²) < 4.78 is 39.8. The van der Waals surface area contributed by atoms with Crippen molar-refractivity contribution in [3.63, 3.8) is 0 Å². The standard InChI is InChI=1S/C21H14ClF3N4/c22-16-4-5-18(21(23,24)25)12(7-16)1-2-14-10-28-20-17(14)8-15(11-29-20)13-3-6-19(26)27-9-13/h1-11H,(H2,26,27)(H,28,29)/b2-1+. The monoisotopic (exact) mass is 414 g/mol. The third kappa shape index (κ3) is 3.95. The Morgan fingerprint density at radius 1 is 0.931 bits per heavy atom. The molecule has 1 aromatic carbocycles. The van der Waals surface area contributed by atoms with Gasteiger partial charge in [0.15, 0.2) is 0 Å². The lowest BCUT2D eigenvalue weighted by Crippen LogP contribution is -2.06. The number of halogens is 4. The maximum atomic E-state index is 13.3. The van der Waals surface area contributed by atoms with Gasteiger partial charge in [0, 0.05) is 45.7 Å².